The minimum atomic E-state index is -2.57. The van der Waals surface area contributed by atoms with Gasteiger partial charge in [-0.15, -0.1) is 0 Å². The number of nitrogens with one attached hydrogen (secondary N) is 1. The highest BCUT2D eigenvalue weighted by Crippen LogP contribution is 2.05. The zero-order valence-corrected chi connectivity index (χ0v) is 10.8. The average molecular weight is 239 g/mol. The van der Waals surface area contributed by atoms with Gasteiger partial charge in [0.15, 0.2) is 0 Å². The third kappa shape index (κ3) is 3.44. The fourth-order valence-electron chi connectivity index (χ4n) is 1.29. The van der Waals surface area contributed by atoms with Crippen molar-refractivity contribution in [1.82, 2.24) is 4.98 Å². The second-order valence-corrected chi connectivity index (χ2v) is 6.24. The number of rotatable bonds is 5. The molecule has 88 valence electrons. The van der Waals surface area contributed by atoms with Gasteiger partial charge in [0.05, 0.1) is 0 Å². The first-order valence-electron chi connectivity index (χ1n) is 5.18. The van der Waals surface area contributed by atoms with Crippen molar-refractivity contribution in [1.29, 1.82) is 0 Å². The summed E-state index contributed by atoms with van der Waals surface area (Å²) in [5.74, 6) is -0.162. The minimum absolute atomic E-state index is 0.162. The van der Waals surface area contributed by atoms with E-state index in [-0.39, 0.29) is 5.91 Å². The largest absolute Gasteiger partial charge is 0.455 e. The Bertz CT molecular complexity index is 344. The molecule has 0 bridgehead atoms. The van der Waals surface area contributed by atoms with Gasteiger partial charge in [-0.25, -0.2) is 0 Å². The summed E-state index contributed by atoms with van der Waals surface area (Å²) >= 11 is 0. The molecule has 0 aliphatic heterocycles. The molecule has 0 aromatic heterocycles. The first-order valence-corrected chi connectivity index (χ1v) is 7.49. The van der Waals surface area contributed by atoms with Crippen LogP contribution in [0.4, 0.5) is 0 Å². The van der Waals surface area contributed by atoms with Crippen molar-refractivity contribution in [3.05, 3.63) is 35.9 Å². The lowest BCUT2D eigenvalue weighted by Crippen LogP contribution is -2.55. The molecule has 0 heterocycles. The predicted molar refractivity (Wildman–Crippen MR) is 64.2 cm³/mol. The lowest BCUT2D eigenvalue weighted by molar-refractivity contribution is 0.0946. The number of amides is 1. The van der Waals surface area contributed by atoms with Gasteiger partial charge in [-0.05, 0) is 25.6 Å². The summed E-state index contributed by atoms with van der Waals surface area (Å²) in [6.45, 7) is 4.20. The van der Waals surface area contributed by atoms with Gasteiger partial charge < -0.3 is 13.8 Å². The van der Waals surface area contributed by atoms with Crippen LogP contribution in [-0.2, 0) is 8.85 Å². The third-order valence-corrected chi connectivity index (χ3v) is 4.49. The maximum atomic E-state index is 11.9. The van der Waals surface area contributed by atoms with E-state index in [1.54, 1.807) is 25.8 Å². The van der Waals surface area contributed by atoms with Crippen molar-refractivity contribution < 1.29 is 13.6 Å². The summed E-state index contributed by atoms with van der Waals surface area (Å²) in [6, 6.07) is 9.02. The van der Waals surface area contributed by atoms with Crippen LogP contribution in [0.25, 0.3) is 0 Å². The number of hydrogen-bond donors (Lipinski definition) is 1. The van der Waals surface area contributed by atoms with E-state index < -0.39 is 8.72 Å². The SMILES string of the molecule is CCO[Si](C)(NC(=O)c1ccccc1)OC. The van der Waals surface area contributed by atoms with Crippen molar-refractivity contribution in [3.8, 4) is 0 Å². The molecule has 0 aliphatic carbocycles. The van der Waals surface area contributed by atoms with E-state index in [2.05, 4.69) is 4.98 Å². The summed E-state index contributed by atoms with van der Waals surface area (Å²) < 4.78 is 10.7. The molecule has 4 nitrogen and oxygen atoms in total. The second-order valence-electron chi connectivity index (χ2n) is 3.40. The molecular formula is C11H17NO3Si. The van der Waals surface area contributed by atoms with E-state index in [4.69, 9.17) is 8.85 Å². The first kappa shape index (κ1) is 12.9. The van der Waals surface area contributed by atoms with Crippen LogP contribution in [-0.4, -0.2) is 28.3 Å². The normalized spacial score (nSPS) is 14.2. The topological polar surface area (TPSA) is 47.6 Å². The number of hydrogen-bond acceptors (Lipinski definition) is 3. The van der Waals surface area contributed by atoms with Crippen molar-refractivity contribution in [2.75, 3.05) is 13.7 Å². The molecule has 1 amide bonds. The zero-order chi connectivity index (χ0) is 12.0. The molecule has 1 N–H and O–H groups in total. The summed E-state index contributed by atoms with van der Waals surface area (Å²) in [4.78, 5) is 14.7. The predicted octanol–water partition coefficient (Wildman–Crippen LogP) is 1.67. The zero-order valence-electron chi connectivity index (χ0n) is 9.82. The maximum absolute atomic E-state index is 11.9. The van der Waals surface area contributed by atoms with Gasteiger partial charge in [-0.2, -0.15) is 0 Å². The molecule has 0 radical (unpaired) electrons. The summed E-state index contributed by atoms with van der Waals surface area (Å²) in [5.41, 5.74) is 0.609. The Hall–Kier alpha value is -1.17. The van der Waals surface area contributed by atoms with Crippen LogP contribution in [0.5, 0.6) is 0 Å². The molecular weight excluding hydrogens is 222 g/mol. The Morgan fingerprint density at radius 2 is 2.00 bits per heavy atom. The summed E-state index contributed by atoms with van der Waals surface area (Å²) in [7, 11) is -1.02. The highest BCUT2D eigenvalue weighted by Gasteiger charge is 2.33. The molecule has 1 atom stereocenters. The van der Waals surface area contributed by atoms with Crippen LogP contribution >= 0.6 is 0 Å². The lowest BCUT2D eigenvalue weighted by atomic mass is 10.2. The average Bonchev–Trinajstić information content (AvgIpc) is 2.30. The van der Waals surface area contributed by atoms with E-state index in [1.807, 2.05) is 25.1 Å². The van der Waals surface area contributed by atoms with Crippen LogP contribution < -0.4 is 4.98 Å². The first-order chi connectivity index (χ1) is 7.61. The van der Waals surface area contributed by atoms with E-state index in [0.29, 0.717) is 12.2 Å². The Morgan fingerprint density at radius 3 is 2.50 bits per heavy atom. The monoisotopic (exact) mass is 239 g/mol. The van der Waals surface area contributed by atoms with Gasteiger partial charge in [-0.1, -0.05) is 18.2 Å². The fraction of sp³-hybridized carbons (Fsp3) is 0.364. The van der Waals surface area contributed by atoms with Gasteiger partial charge in [0, 0.05) is 19.3 Å². The van der Waals surface area contributed by atoms with Crippen LogP contribution in [0.2, 0.25) is 6.55 Å². The van der Waals surface area contributed by atoms with Gasteiger partial charge in [0.1, 0.15) is 0 Å². The van der Waals surface area contributed by atoms with Crippen molar-refractivity contribution >= 4 is 14.6 Å². The van der Waals surface area contributed by atoms with E-state index in [9.17, 15) is 4.79 Å². The quantitative estimate of drug-likeness (QED) is 0.795. The van der Waals surface area contributed by atoms with Crippen molar-refractivity contribution in [3.63, 3.8) is 0 Å². The molecule has 0 saturated heterocycles. The Labute approximate surface area is 96.9 Å². The maximum Gasteiger partial charge on any atom is 0.455 e. The molecule has 0 aliphatic rings. The van der Waals surface area contributed by atoms with Crippen LogP contribution in [0.1, 0.15) is 17.3 Å². The minimum Gasteiger partial charge on any atom is -0.382 e. The number of carbonyl (C=O) groups is 1. The highest BCUT2D eigenvalue weighted by molar-refractivity contribution is 6.66. The highest BCUT2D eigenvalue weighted by atomic mass is 28.4. The standard InChI is InChI=1S/C11H17NO3Si/c1-4-15-16(3,14-2)12-11(13)10-8-6-5-7-9-10/h5-9H,4H2,1-3H3,(H,12,13). The smallest absolute Gasteiger partial charge is 0.382 e. The second kappa shape index (κ2) is 5.79. The molecule has 0 spiro atoms. The van der Waals surface area contributed by atoms with Crippen molar-refractivity contribution in [2.24, 2.45) is 0 Å². The molecule has 1 aromatic carbocycles. The Kier molecular flexibility index (Phi) is 4.66. The molecule has 1 aromatic rings. The Balaban J connectivity index is 2.70. The van der Waals surface area contributed by atoms with Crippen molar-refractivity contribution in [2.45, 2.75) is 13.5 Å². The van der Waals surface area contributed by atoms with Crippen LogP contribution in [0.15, 0.2) is 30.3 Å². The van der Waals surface area contributed by atoms with Crippen LogP contribution in [0, 0.1) is 0 Å². The van der Waals surface area contributed by atoms with E-state index >= 15 is 0 Å². The molecule has 1 unspecified atom stereocenters. The molecule has 1 rings (SSSR count). The van der Waals surface area contributed by atoms with Crippen LogP contribution in [0.3, 0.4) is 0 Å². The van der Waals surface area contributed by atoms with E-state index in [1.165, 1.54) is 0 Å². The molecule has 16 heavy (non-hydrogen) atoms. The summed E-state index contributed by atoms with van der Waals surface area (Å²) in [6.07, 6.45) is 0. The van der Waals surface area contributed by atoms with Gasteiger partial charge in [-0.3, -0.25) is 4.79 Å². The third-order valence-electron chi connectivity index (χ3n) is 2.19. The fourth-order valence-corrected chi connectivity index (χ4v) is 2.69. The lowest BCUT2D eigenvalue weighted by Gasteiger charge is -2.24. The summed E-state index contributed by atoms with van der Waals surface area (Å²) in [5, 5.41) is 0. The van der Waals surface area contributed by atoms with E-state index in [0.717, 1.165) is 0 Å². The van der Waals surface area contributed by atoms with Gasteiger partial charge >= 0.3 is 8.72 Å². The number of carbonyl (C=O) groups excluding carboxylic acids is 1. The molecule has 0 fully saturated rings. The number of benzene rings is 1. The molecule has 0 saturated carbocycles. The van der Waals surface area contributed by atoms with Gasteiger partial charge in [0.25, 0.3) is 0 Å². The van der Waals surface area contributed by atoms with Gasteiger partial charge in [0.2, 0.25) is 5.91 Å². The molecule has 5 heteroatoms. The Morgan fingerprint density at radius 1 is 1.38 bits per heavy atom.